The van der Waals surface area contributed by atoms with Gasteiger partial charge in [-0.15, -0.1) is 0 Å². The summed E-state index contributed by atoms with van der Waals surface area (Å²) in [5.74, 6) is 1.13. The van der Waals surface area contributed by atoms with Crippen molar-refractivity contribution in [2.24, 2.45) is 5.92 Å². The van der Waals surface area contributed by atoms with Gasteiger partial charge in [-0.05, 0) is 42.7 Å². The Bertz CT molecular complexity index is 580. The van der Waals surface area contributed by atoms with Crippen LogP contribution in [0.15, 0.2) is 17.0 Å². The molecule has 1 aromatic carbocycles. The van der Waals surface area contributed by atoms with Gasteiger partial charge in [0.1, 0.15) is 4.90 Å². The third-order valence-electron chi connectivity index (χ3n) is 2.81. The lowest BCUT2D eigenvalue weighted by Crippen LogP contribution is -2.29. The molecule has 1 unspecified atom stereocenters. The van der Waals surface area contributed by atoms with E-state index in [1.165, 1.54) is 6.07 Å². The highest BCUT2D eigenvalue weighted by molar-refractivity contribution is 7.98. The van der Waals surface area contributed by atoms with Crippen LogP contribution in [0, 0.1) is 5.92 Å². The van der Waals surface area contributed by atoms with Gasteiger partial charge in [0, 0.05) is 18.1 Å². The molecule has 0 saturated heterocycles. The summed E-state index contributed by atoms with van der Waals surface area (Å²) in [4.78, 5) is 0.0262. The fraction of sp³-hybridized carbons (Fsp3) is 0.538. The quantitative estimate of drug-likeness (QED) is 0.738. The molecule has 0 heterocycles. The summed E-state index contributed by atoms with van der Waals surface area (Å²) in [6.07, 6.45) is 1.99. The van der Waals surface area contributed by atoms with Crippen molar-refractivity contribution < 1.29 is 8.42 Å². The minimum Gasteiger partial charge on any atom is -0.316 e. The van der Waals surface area contributed by atoms with Gasteiger partial charge in [0.2, 0.25) is 10.0 Å². The van der Waals surface area contributed by atoms with Crippen LogP contribution in [0.25, 0.3) is 0 Å². The van der Waals surface area contributed by atoms with E-state index in [4.69, 9.17) is 23.2 Å². The number of thioether (sulfide) groups is 1. The van der Waals surface area contributed by atoms with Crippen molar-refractivity contribution in [1.29, 1.82) is 0 Å². The van der Waals surface area contributed by atoms with Crippen LogP contribution < -0.4 is 10.0 Å². The van der Waals surface area contributed by atoms with Crippen LogP contribution in [0.5, 0.6) is 0 Å². The summed E-state index contributed by atoms with van der Waals surface area (Å²) in [6, 6.07) is 3.04. The highest BCUT2D eigenvalue weighted by Crippen LogP contribution is 2.29. The third kappa shape index (κ3) is 5.62. The van der Waals surface area contributed by atoms with E-state index in [1.54, 1.807) is 24.9 Å². The molecule has 1 rings (SSSR count). The first-order valence-electron chi connectivity index (χ1n) is 6.43. The predicted molar refractivity (Wildman–Crippen MR) is 92.0 cm³/mol. The molecule has 21 heavy (non-hydrogen) atoms. The van der Waals surface area contributed by atoms with Crippen LogP contribution in [0.3, 0.4) is 0 Å². The third-order valence-corrected chi connectivity index (χ3v) is 5.94. The average Bonchev–Trinajstić information content (AvgIpc) is 2.41. The molecule has 0 bridgehead atoms. The van der Waals surface area contributed by atoms with Gasteiger partial charge in [0.15, 0.2) is 0 Å². The van der Waals surface area contributed by atoms with Gasteiger partial charge in [-0.25, -0.2) is 13.1 Å². The van der Waals surface area contributed by atoms with Crippen LogP contribution in [0.2, 0.25) is 10.0 Å². The van der Waals surface area contributed by atoms with E-state index in [0.29, 0.717) is 23.7 Å². The fourth-order valence-corrected chi connectivity index (χ4v) is 4.59. The molecule has 120 valence electrons. The second-order valence-corrected chi connectivity index (χ2v) is 8.28. The molecule has 0 radical (unpaired) electrons. The molecule has 4 nitrogen and oxygen atoms in total. The maximum Gasteiger partial charge on any atom is 0.242 e. The number of rotatable bonds is 8. The number of sulfonamides is 1. The lowest BCUT2D eigenvalue weighted by atomic mass is 10.2. The zero-order valence-corrected chi connectivity index (χ0v) is 15.4. The molecule has 0 amide bonds. The molecule has 0 aliphatic heterocycles. The number of benzene rings is 1. The Labute approximate surface area is 141 Å². The molecule has 0 fully saturated rings. The van der Waals surface area contributed by atoms with E-state index in [0.717, 1.165) is 5.75 Å². The molecular formula is C13H20Cl2N2O2S2. The molecule has 0 saturated carbocycles. The van der Waals surface area contributed by atoms with Gasteiger partial charge >= 0.3 is 0 Å². The van der Waals surface area contributed by atoms with Gasteiger partial charge in [-0.3, -0.25) is 0 Å². The molecule has 0 aromatic heterocycles. The van der Waals surface area contributed by atoms with Crippen LogP contribution >= 0.6 is 35.0 Å². The fourth-order valence-electron chi connectivity index (χ4n) is 1.81. The lowest BCUT2D eigenvalue weighted by Gasteiger charge is -2.14. The Morgan fingerprint density at radius 1 is 1.33 bits per heavy atom. The SMILES string of the molecule is CNCc1cc(Cl)cc(S(=O)(=O)NCC(C)CSC)c1Cl. The first kappa shape index (κ1) is 19.1. The van der Waals surface area contributed by atoms with E-state index in [1.807, 2.05) is 13.2 Å². The Kier molecular flexibility index (Phi) is 7.81. The predicted octanol–water partition coefficient (Wildman–Crippen LogP) is 2.99. The number of hydrogen-bond donors (Lipinski definition) is 2. The van der Waals surface area contributed by atoms with Crippen molar-refractivity contribution >= 4 is 45.0 Å². The monoisotopic (exact) mass is 370 g/mol. The highest BCUT2D eigenvalue weighted by atomic mass is 35.5. The summed E-state index contributed by atoms with van der Waals surface area (Å²) in [5, 5.41) is 3.49. The lowest BCUT2D eigenvalue weighted by molar-refractivity contribution is 0.562. The summed E-state index contributed by atoms with van der Waals surface area (Å²) in [5.41, 5.74) is 0.657. The van der Waals surface area contributed by atoms with Crippen LogP contribution in [0.4, 0.5) is 0 Å². The number of hydrogen-bond acceptors (Lipinski definition) is 4. The van der Waals surface area contributed by atoms with Crippen molar-refractivity contribution in [1.82, 2.24) is 10.0 Å². The summed E-state index contributed by atoms with van der Waals surface area (Å²) in [7, 11) is -1.91. The largest absolute Gasteiger partial charge is 0.316 e. The standard InChI is InChI=1S/C13H20Cl2N2O2S2/c1-9(8-20-3)6-17-21(18,19)12-5-11(14)4-10(7-16-2)13(12)15/h4-5,9,16-17H,6-8H2,1-3H3. The maximum atomic E-state index is 12.4. The number of halogens is 2. The summed E-state index contributed by atoms with van der Waals surface area (Å²) < 4.78 is 27.4. The average molecular weight is 371 g/mol. The van der Waals surface area contributed by atoms with E-state index >= 15 is 0 Å². The topological polar surface area (TPSA) is 58.2 Å². The molecule has 2 N–H and O–H groups in total. The zero-order valence-electron chi connectivity index (χ0n) is 12.2. The van der Waals surface area contributed by atoms with E-state index in [-0.39, 0.29) is 15.8 Å². The van der Waals surface area contributed by atoms with Gasteiger partial charge in [0.25, 0.3) is 0 Å². The van der Waals surface area contributed by atoms with E-state index in [2.05, 4.69) is 10.0 Å². The zero-order chi connectivity index (χ0) is 16.0. The molecule has 1 aromatic rings. The Hall–Kier alpha value is 0.0200. The van der Waals surface area contributed by atoms with E-state index in [9.17, 15) is 8.42 Å². The van der Waals surface area contributed by atoms with Gasteiger partial charge in [-0.1, -0.05) is 30.1 Å². The minimum atomic E-state index is -3.67. The number of nitrogens with one attached hydrogen (secondary N) is 2. The molecule has 1 atom stereocenters. The minimum absolute atomic E-state index is 0.0262. The van der Waals surface area contributed by atoms with Crippen molar-refractivity contribution in [3.05, 3.63) is 27.7 Å². The summed E-state index contributed by atoms with van der Waals surface area (Å²) in [6.45, 7) is 2.81. The van der Waals surface area contributed by atoms with Gasteiger partial charge in [0.05, 0.1) is 5.02 Å². The summed E-state index contributed by atoms with van der Waals surface area (Å²) >= 11 is 13.9. The Morgan fingerprint density at radius 3 is 2.57 bits per heavy atom. The van der Waals surface area contributed by atoms with Crippen molar-refractivity contribution in [2.45, 2.75) is 18.4 Å². The van der Waals surface area contributed by atoms with E-state index < -0.39 is 10.0 Å². The molecule has 0 aliphatic rings. The van der Waals surface area contributed by atoms with Crippen molar-refractivity contribution in [2.75, 3.05) is 25.6 Å². The molecule has 0 spiro atoms. The first-order chi connectivity index (χ1) is 9.81. The smallest absolute Gasteiger partial charge is 0.242 e. The maximum absolute atomic E-state index is 12.4. The van der Waals surface area contributed by atoms with Crippen molar-refractivity contribution in [3.8, 4) is 0 Å². The normalized spacial score (nSPS) is 13.4. The Morgan fingerprint density at radius 2 is 2.00 bits per heavy atom. The van der Waals surface area contributed by atoms with Crippen LogP contribution in [-0.4, -0.2) is 34.0 Å². The van der Waals surface area contributed by atoms with Gasteiger partial charge < -0.3 is 5.32 Å². The highest BCUT2D eigenvalue weighted by Gasteiger charge is 2.21. The second-order valence-electron chi connectivity index (χ2n) is 4.82. The molecule has 0 aliphatic carbocycles. The van der Waals surface area contributed by atoms with Crippen LogP contribution in [-0.2, 0) is 16.6 Å². The first-order valence-corrected chi connectivity index (χ1v) is 10.1. The Balaban J connectivity index is 3.02. The second kappa shape index (κ2) is 8.60. The molecular weight excluding hydrogens is 351 g/mol. The van der Waals surface area contributed by atoms with Crippen molar-refractivity contribution in [3.63, 3.8) is 0 Å². The van der Waals surface area contributed by atoms with Crippen LogP contribution in [0.1, 0.15) is 12.5 Å². The van der Waals surface area contributed by atoms with Gasteiger partial charge in [-0.2, -0.15) is 11.8 Å². The molecule has 8 heteroatoms.